The second kappa shape index (κ2) is 10.3. The van der Waals surface area contributed by atoms with E-state index in [1.54, 1.807) is 42.5 Å². The summed E-state index contributed by atoms with van der Waals surface area (Å²) in [7, 11) is 0. The number of halogens is 6. The topological polar surface area (TPSA) is 0 Å². The van der Waals surface area contributed by atoms with Gasteiger partial charge in [0.15, 0.2) is 0 Å². The minimum absolute atomic E-state index is 0.123. The highest BCUT2D eigenvalue weighted by atomic mass is 19.3. The predicted molar refractivity (Wildman–Crippen MR) is 225 cm³/mol. The highest BCUT2D eigenvalue weighted by Gasteiger charge is 2.38. The Hall–Kier alpha value is -6.66. The fourth-order valence-electron chi connectivity index (χ4n) is 11.8. The summed E-state index contributed by atoms with van der Waals surface area (Å²) in [5.74, 6) is -0.801. The standard InChI is InChI=1S/C52H24F6/c53-39-17-15-23-27-8-10-30-36-20-38-37(19-35(36)29-9-7-25(43(27)45(29)30)21-3-1-5-31(39)41(21)23)50(52(57)58)48-34-14-12-28-24-16-18-40(54)32-6-2-4-22(42(24)32)26-11-13-33(46(34)44(26)28)47(48)49(38)51(55)56/h1-9,11-20,41,51-52H,10H2. The van der Waals surface area contributed by atoms with Crippen LogP contribution in [-0.4, -0.2) is 0 Å². The van der Waals surface area contributed by atoms with Gasteiger partial charge in [0, 0.05) is 38.6 Å². The van der Waals surface area contributed by atoms with Gasteiger partial charge in [0.1, 0.15) is 11.6 Å². The van der Waals surface area contributed by atoms with Gasteiger partial charge in [0.05, 0.1) is 0 Å². The van der Waals surface area contributed by atoms with Crippen LogP contribution in [0, 0.1) is 11.7 Å². The van der Waals surface area contributed by atoms with Crippen LogP contribution in [0.4, 0.5) is 26.3 Å². The summed E-state index contributed by atoms with van der Waals surface area (Å²) in [4.78, 5) is 0. The van der Waals surface area contributed by atoms with Crippen molar-refractivity contribution in [3.05, 3.63) is 166 Å². The van der Waals surface area contributed by atoms with Crippen LogP contribution in [-0.2, 0) is 6.42 Å². The molecule has 6 heteroatoms. The van der Waals surface area contributed by atoms with Crippen LogP contribution < -0.4 is 5.22 Å². The average molecular weight is 763 g/mol. The Morgan fingerprint density at radius 3 is 1.84 bits per heavy atom. The molecule has 0 amide bonds. The Morgan fingerprint density at radius 1 is 0.500 bits per heavy atom. The lowest BCUT2D eigenvalue weighted by Gasteiger charge is -2.36. The second-order valence-corrected chi connectivity index (χ2v) is 16.2. The van der Waals surface area contributed by atoms with E-state index in [0.29, 0.717) is 33.5 Å². The van der Waals surface area contributed by atoms with Crippen molar-refractivity contribution in [1.82, 2.24) is 0 Å². The molecule has 4 aliphatic rings. The number of allylic oxidation sites excluding steroid dienone is 10. The number of hydrogen-bond donors (Lipinski definition) is 0. The Kier molecular flexibility index (Phi) is 5.55. The molecule has 0 bridgehead atoms. The lowest BCUT2D eigenvalue weighted by molar-refractivity contribution is 0.152. The third-order valence-corrected chi connectivity index (χ3v) is 13.9. The van der Waals surface area contributed by atoms with Crippen molar-refractivity contribution in [1.29, 1.82) is 0 Å². The van der Waals surface area contributed by atoms with Gasteiger partial charge in [-0.1, -0.05) is 91.0 Å². The molecule has 0 saturated carbocycles. The van der Waals surface area contributed by atoms with Crippen LogP contribution in [0.3, 0.4) is 0 Å². The SMILES string of the molecule is FC1=CC=C2C3=CCc4c5cc6c(C(F)F)c7c8ccc9c%10cccc%11c(F)ccc(c%12ccc(c7c(C(F)F)c6cc5c5ccc(c3c45)=C3C=CC=C1C23)c8c9%12)c%11%10. The maximum Gasteiger partial charge on any atom is 0.265 e. The van der Waals surface area contributed by atoms with E-state index in [2.05, 4.69) is 6.08 Å². The zero-order valence-electron chi connectivity index (χ0n) is 30.2. The second-order valence-electron chi connectivity index (χ2n) is 16.2. The van der Waals surface area contributed by atoms with Gasteiger partial charge in [-0.15, -0.1) is 0 Å². The zero-order chi connectivity index (χ0) is 38.6. The molecule has 0 fully saturated rings. The molecular formula is C52H24F6. The minimum atomic E-state index is -2.97. The molecule has 1 atom stereocenters. The van der Waals surface area contributed by atoms with Crippen molar-refractivity contribution in [2.45, 2.75) is 19.3 Å². The Balaban J connectivity index is 1.15. The van der Waals surface area contributed by atoms with E-state index < -0.39 is 12.9 Å². The molecule has 0 aliphatic heterocycles. The van der Waals surface area contributed by atoms with Crippen molar-refractivity contribution < 1.29 is 26.3 Å². The fraction of sp³-hybridized carbons (Fsp3) is 0.0769. The van der Waals surface area contributed by atoms with Crippen molar-refractivity contribution in [2.75, 3.05) is 0 Å². The summed E-state index contributed by atoms with van der Waals surface area (Å²) in [6.07, 6.45) is 5.88. The minimum Gasteiger partial charge on any atom is -0.207 e. The summed E-state index contributed by atoms with van der Waals surface area (Å²) in [5.41, 5.74) is 5.21. The van der Waals surface area contributed by atoms with Crippen LogP contribution in [0.2, 0.25) is 0 Å². The summed E-state index contributed by atoms with van der Waals surface area (Å²) in [6, 6.07) is 23.5. The molecule has 0 saturated heterocycles. The predicted octanol–water partition coefficient (Wildman–Crippen LogP) is 14.7. The highest BCUT2D eigenvalue weighted by Crippen LogP contribution is 2.56. The van der Waals surface area contributed by atoms with Gasteiger partial charge in [-0.25, -0.2) is 26.3 Å². The number of benzene rings is 8. The van der Waals surface area contributed by atoms with Crippen LogP contribution in [0.25, 0.3) is 108 Å². The molecule has 10 aromatic carbocycles. The van der Waals surface area contributed by atoms with E-state index in [0.717, 1.165) is 86.9 Å². The van der Waals surface area contributed by atoms with Gasteiger partial charge < -0.3 is 0 Å². The van der Waals surface area contributed by atoms with Crippen molar-refractivity contribution in [2.24, 2.45) is 5.92 Å². The largest absolute Gasteiger partial charge is 0.265 e. The van der Waals surface area contributed by atoms with Gasteiger partial charge in [0.2, 0.25) is 0 Å². The maximum absolute atomic E-state index is 16.0. The van der Waals surface area contributed by atoms with E-state index in [-0.39, 0.29) is 50.2 Å². The first-order valence-electron chi connectivity index (χ1n) is 19.4. The number of alkyl halides is 4. The van der Waals surface area contributed by atoms with Crippen molar-refractivity contribution in [3.8, 4) is 0 Å². The normalized spacial score (nSPS) is 17.5. The van der Waals surface area contributed by atoms with Gasteiger partial charge in [-0.3, -0.25) is 0 Å². The van der Waals surface area contributed by atoms with Crippen LogP contribution in [0.5, 0.6) is 0 Å². The van der Waals surface area contributed by atoms with E-state index in [4.69, 9.17) is 0 Å². The van der Waals surface area contributed by atoms with E-state index in [9.17, 15) is 0 Å². The smallest absolute Gasteiger partial charge is 0.207 e. The van der Waals surface area contributed by atoms with E-state index in [1.165, 1.54) is 12.1 Å². The molecule has 58 heavy (non-hydrogen) atoms. The monoisotopic (exact) mass is 762 g/mol. The number of fused-ring (bicyclic) bond motifs is 10. The van der Waals surface area contributed by atoms with Crippen molar-refractivity contribution in [3.63, 3.8) is 0 Å². The molecule has 0 aromatic heterocycles. The molecule has 10 aromatic rings. The lowest BCUT2D eigenvalue weighted by Crippen LogP contribution is -2.29. The highest BCUT2D eigenvalue weighted by molar-refractivity contribution is 6.43. The number of rotatable bonds is 2. The number of hydrogen-bond acceptors (Lipinski definition) is 0. The molecule has 0 spiro atoms. The molecule has 0 radical (unpaired) electrons. The molecular weight excluding hydrogens is 739 g/mol. The van der Waals surface area contributed by atoms with Gasteiger partial charge in [-0.2, -0.15) is 0 Å². The molecule has 4 aliphatic carbocycles. The van der Waals surface area contributed by atoms with Crippen molar-refractivity contribution >= 4 is 108 Å². The quantitative estimate of drug-likeness (QED) is 0.0935. The first kappa shape index (κ1) is 31.4. The molecule has 14 rings (SSSR count). The third-order valence-electron chi connectivity index (χ3n) is 13.9. The fourth-order valence-corrected chi connectivity index (χ4v) is 11.8. The van der Waals surface area contributed by atoms with Gasteiger partial charge in [0.25, 0.3) is 12.9 Å². The first-order valence-corrected chi connectivity index (χ1v) is 19.4. The molecule has 274 valence electrons. The molecule has 0 N–H and O–H groups in total. The van der Waals surface area contributed by atoms with Crippen LogP contribution in [0.1, 0.15) is 35.1 Å². The molecule has 1 unspecified atom stereocenters. The summed E-state index contributed by atoms with van der Waals surface area (Å²) >= 11 is 0. The Morgan fingerprint density at radius 2 is 1.10 bits per heavy atom. The van der Waals surface area contributed by atoms with E-state index in [1.807, 2.05) is 54.6 Å². The van der Waals surface area contributed by atoms with Crippen LogP contribution in [0.15, 0.2) is 132 Å². The van der Waals surface area contributed by atoms with Gasteiger partial charge >= 0.3 is 0 Å². The average Bonchev–Trinajstić information content (AvgIpc) is 3.73. The zero-order valence-corrected chi connectivity index (χ0v) is 30.2. The van der Waals surface area contributed by atoms with E-state index >= 15 is 26.3 Å². The third kappa shape index (κ3) is 3.43. The summed E-state index contributed by atoms with van der Waals surface area (Å²) < 4.78 is 94.0. The molecule has 0 nitrogen and oxygen atoms in total. The van der Waals surface area contributed by atoms with Gasteiger partial charge in [-0.05, 0) is 145 Å². The Bertz CT molecular complexity index is 3870. The van der Waals surface area contributed by atoms with Crippen LogP contribution >= 0.6 is 0 Å². The first-order chi connectivity index (χ1) is 28.3. The maximum atomic E-state index is 16.0. The Labute approximate surface area is 324 Å². The summed E-state index contributed by atoms with van der Waals surface area (Å²) in [5, 5.41) is 12.0. The molecule has 0 heterocycles. The summed E-state index contributed by atoms with van der Waals surface area (Å²) in [6.45, 7) is 0. The lowest BCUT2D eigenvalue weighted by atomic mass is 9.68.